The maximum absolute atomic E-state index is 12.6. The number of nitrogens with zero attached hydrogens (tertiary/aromatic N) is 3. The van der Waals surface area contributed by atoms with Gasteiger partial charge in [-0.1, -0.05) is 42.1 Å². The van der Waals surface area contributed by atoms with E-state index in [9.17, 15) is 14.9 Å². The van der Waals surface area contributed by atoms with Crippen LogP contribution in [0.25, 0.3) is 0 Å². The van der Waals surface area contributed by atoms with Crippen LogP contribution in [0.5, 0.6) is 0 Å². The highest BCUT2D eigenvalue weighted by Gasteiger charge is 2.26. The summed E-state index contributed by atoms with van der Waals surface area (Å²) in [6.07, 6.45) is 0. The SMILES string of the molecule is CC(=O)c1cc(C#N)c(S[C@@H](C(=O)N(C)C)c2ccccc2)nc1C. The Balaban J connectivity index is 2.49. The lowest BCUT2D eigenvalue weighted by Gasteiger charge is -2.21. The molecular formula is C19H19N3O2S. The predicted molar refractivity (Wildman–Crippen MR) is 97.4 cm³/mol. The monoisotopic (exact) mass is 353 g/mol. The highest BCUT2D eigenvalue weighted by atomic mass is 32.2. The van der Waals surface area contributed by atoms with E-state index in [0.29, 0.717) is 21.8 Å². The fourth-order valence-electron chi connectivity index (χ4n) is 2.34. The third-order valence-electron chi connectivity index (χ3n) is 3.67. The lowest BCUT2D eigenvalue weighted by Crippen LogP contribution is -2.26. The molecule has 25 heavy (non-hydrogen) atoms. The third kappa shape index (κ3) is 4.25. The number of rotatable bonds is 5. The molecule has 1 heterocycles. The van der Waals surface area contributed by atoms with Crippen LogP contribution in [0.1, 0.15) is 39.4 Å². The summed E-state index contributed by atoms with van der Waals surface area (Å²) >= 11 is 1.23. The molecule has 0 aliphatic carbocycles. The number of carbonyl (C=O) groups is 2. The normalized spacial score (nSPS) is 11.5. The molecular weight excluding hydrogens is 334 g/mol. The van der Waals surface area contributed by atoms with Crippen molar-refractivity contribution in [1.82, 2.24) is 9.88 Å². The van der Waals surface area contributed by atoms with Crippen LogP contribution in [0.4, 0.5) is 0 Å². The number of ketones is 1. The Labute approximate surface area is 151 Å². The molecule has 0 aliphatic heterocycles. The van der Waals surface area contributed by atoms with E-state index >= 15 is 0 Å². The fourth-order valence-corrected chi connectivity index (χ4v) is 3.59. The standard InChI is InChI=1S/C19H19N3O2S/c1-12-16(13(2)23)10-15(11-20)18(21-12)25-17(19(24)22(3)4)14-8-6-5-7-9-14/h5-10,17H,1-4H3/t17-/m1/s1. The maximum Gasteiger partial charge on any atom is 0.240 e. The van der Waals surface area contributed by atoms with Gasteiger partial charge in [0.05, 0.1) is 5.56 Å². The van der Waals surface area contributed by atoms with Crippen molar-refractivity contribution in [2.24, 2.45) is 0 Å². The molecule has 1 amide bonds. The number of aromatic nitrogens is 1. The van der Waals surface area contributed by atoms with E-state index in [2.05, 4.69) is 11.1 Å². The second-order valence-electron chi connectivity index (χ2n) is 5.78. The summed E-state index contributed by atoms with van der Waals surface area (Å²) in [6.45, 7) is 3.17. The van der Waals surface area contributed by atoms with Crippen LogP contribution in [0.3, 0.4) is 0 Å². The number of aryl methyl sites for hydroxylation is 1. The minimum absolute atomic E-state index is 0.0878. The molecule has 128 valence electrons. The van der Waals surface area contributed by atoms with Gasteiger partial charge >= 0.3 is 0 Å². The molecule has 0 saturated heterocycles. The van der Waals surface area contributed by atoms with Gasteiger partial charge in [-0.05, 0) is 25.5 Å². The summed E-state index contributed by atoms with van der Waals surface area (Å²) in [6, 6.07) is 13.0. The van der Waals surface area contributed by atoms with Crippen LogP contribution in [0, 0.1) is 18.3 Å². The van der Waals surface area contributed by atoms with E-state index in [1.807, 2.05) is 30.3 Å². The number of thioether (sulfide) groups is 1. The smallest absolute Gasteiger partial charge is 0.240 e. The number of carbonyl (C=O) groups excluding carboxylic acids is 2. The first-order valence-electron chi connectivity index (χ1n) is 7.70. The first kappa shape index (κ1) is 18.7. The van der Waals surface area contributed by atoms with Crippen molar-refractivity contribution in [3.05, 3.63) is 58.8 Å². The van der Waals surface area contributed by atoms with E-state index in [-0.39, 0.29) is 11.7 Å². The van der Waals surface area contributed by atoms with Gasteiger partial charge in [0.2, 0.25) is 5.91 Å². The molecule has 0 bridgehead atoms. The number of pyridine rings is 1. The van der Waals surface area contributed by atoms with E-state index in [4.69, 9.17) is 0 Å². The van der Waals surface area contributed by atoms with Crippen LogP contribution in [-0.4, -0.2) is 35.7 Å². The van der Waals surface area contributed by atoms with Gasteiger partial charge in [0.15, 0.2) is 5.78 Å². The zero-order chi connectivity index (χ0) is 18.6. The van der Waals surface area contributed by atoms with Gasteiger partial charge < -0.3 is 4.90 Å². The van der Waals surface area contributed by atoms with Crippen molar-refractivity contribution in [1.29, 1.82) is 5.26 Å². The lowest BCUT2D eigenvalue weighted by atomic mass is 10.1. The quantitative estimate of drug-likeness (QED) is 0.608. The molecule has 0 aliphatic rings. The third-order valence-corrected chi connectivity index (χ3v) is 4.92. The van der Waals surface area contributed by atoms with Crippen LogP contribution >= 0.6 is 11.8 Å². The molecule has 2 rings (SSSR count). The summed E-state index contributed by atoms with van der Waals surface area (Å²) in [7, 11) is 3.39. The zero-order valence-corrected chi connectivity index (χ0v) is 15.4. The summed E-state index contributed by atoms with van der Waals surface area (Å²) < 4.78 is 0. The molecule has 1 aromatic carbocycles. The molecule has 6 heteroatoms. The van der Waals surface area contributed by atoms with E-state index in [1.165, 1.54) is 23.6 Å². The molecule has 0 unspecified atom stereocenters. The Morgan fingerprint density at radius 1 is 1.24 bits per heavy atom. The van der Waals surface area contributed by atoms with Gasteiger partial charge in [-0.2, -0.15) is 5.26 Å². The van der Waals surface area contributed by atoms with Crippen molar-refractivity contribution in [2.45, 2.75) is 24.1 Å². The molecule has 1 atom stereocenters. The second kappa shape index (κ2) is 7.95. The van der Waals surface area contributed by atoms with Crippen molar-refractivity contribution < 1.29 is 9.59 Å². The number of benzene rings is 1. The maximum atomic E-state index is 12.6. The first-order valence-corrected chi connectivity index (χ1v) is 8.58. The van der Waals surface area contributed by atoms with Gasteiger partial charge in [0.25, 0.3) is 0 Å². The van der Waals surface area contributed by atoms with Crippen LogP contribution in [-0.2, 0) is 4.79 Å². The van der Waals surface area contributed by atoms with Crippen molar-refractivity contribution >= 4 is 23.5 Å². The molecule has 0 N–H and O–H groups in total. The van der Waals surface area contributed by atoms with Gasteiger partial charge in [-0.15, -0.1) is 0 Å². The highest BCUT2D eigenvalue weighted by Crippen LogP contribution is 2.37. The Kier molecular flexibility index (Phi) is 5.94. The Bertz CT molecular complexity index is 842. The molecule has 0 spiro atoms. The Morgan fingerprint density at radius 2 is 1.88 bits per heavy atom. The molecule has 1 aromatic heterocycles. The highest BCUT2D eigenvalue weighted by molar-refractivity contribution is 8.00. The Hall–Kier alpha value is -2.65. The lowest BCUT2D eigenvalue weighted by molar-refractivity contribution is -0.128. The van der Waals surface area contributed by atoms with E-state index < -0.39 is 5.25 Å². The number of hydrogen-bond donors (Lipinski definition) is 0. The van der Waals surface area contributed by atoms with Crippen molar-refractivity contribution in [2.75, 3.05) is 14.1 Å². The minimum Gasteiger partial charge on any atom is -0.348 e. The largest absolute Gasteiger partial charge is 0.348 e. The van der Waals surface area contributed by atoms with E-state index in [0.717, 1.165) is 5.56 Å². The summed E-state index contributed by atoms with van der Waals surface area (Å²) in [4.78, 5) is 30.3. The average Bonchev–Trinajstić information content (AvgIpc) is 2.59. The number of Topliss-reactive ketones (excluding diaryl/α,β-unsaturated/α-hetero) is 1. The molecule has 0 saturated carbocycles. The molecule has 0 radical (unpaired) electrons. The number of nitriles is 1. The van der Waals surface area contributed by atoms with Gasteiger partial charge in [-0.25, -0.2) is 4.98 Å². The topological polar surface area (TPSA) is 74.1 Å². The van der Waals surface area contributed by atoms with E-state index in [1.54, 1.807) is 27.1 Å². The molecule has 2 aromatic rings. The van der Waals surface area contributed by atoms with Crippen LogP contribution in [0.2, 0.25) is 0 Å². The second-order valence-corrected chi connectivity index (χ2v) is 6.88. The van der Waals surface area contributed by atoms with Gasteiger partial charge in [0, 0.05) is 25.4 Å². The van der Waals surface area contributed by atoms with Gasteiger partial charge in [0.1, 0.15) is 16.3 Å². The van der Waals surface area contributed by atoms with Crippen molar-refractivity contribution in [3.8, 4) is 6.07 Å². The van der Waals surface area contributed by atoms with Crippen LogP contribution < -0.4 is 0 Å². The minimum atomic E-state index is -0.515. The summed E-state index contributed by atoms with van der Waals surface area (Å²) in [5.74, 6) is -0.225. The van der Waals surface area contributed by atoms with Gasteiger partial charge in [-0.3, -0.25) is 9.59 Å². The van der Waals surface area contributed by atoms with Crippen molar-refractivity contribution in [3.63, 3.8) is 0 Å². The first-order chi connectivity index (χ1) is 11.8. The molecule has 0 fully saturated rings. The predicted octanol–water partition coefficient (Wildman–Crippen LogP) is 3.39. The molecule has 5 nitrogen and oxygen atoms in total. The average molecular weight is 353 g/mol. The fraction of sp³-hybridized carbons (Fsp3) is 0.263. The summed E-state index contributed by atoms with van der Waals surface area (Å²) in [5, 5.41) is 9.37. The number of amides is 1. The number of hydrogen-bond acceptors (Lipinski definition) is 5. The Morgan fingerprint density at radius 3 is 2.40 bits per heavy atom. The van der Waals surface area contributed by atoms with Crippen LogP contribution in [0.15, 0.2) is 41.4 Å². The number of likely N-dealkylation sites (N-methyl/N-ethyl adjacent to an activating group) is 1. The zero-order valence-electron chi connectivity index (χ0n) is 14.6. The summed E-state index contributed by atoms with van der Waals surface area (Å²) in [5.41, 5.74) is 2.12.